The molecule has 1 aliphatic heterocycles. The van der Waals surface area contributed by atoms with E-state index < -0.39 is 0 Å². The van der Waals surface area contributed by atoms with Crippen molar-refractivity contribution < 1.29 is 9.59 Å². The second-order valence-corrected chi connectivity index (χ2v) is 5.17. The quantitative estimate of drug-likeness (QED) is 0.351. The van der Waals surface area contributed by atoms with Gasteiger partial charge in [-0.25, -0.2) is 0 Å². The highest BCUT2D eigenvalue weighted by molar-refractivity contribution is 6.04. The Balaban J connectivity index is 2.84. The molecule has 0 aliphatic carbocycles. The third-order valence-corrected chi connectivity index (χ3v) is 3.69. The molecule has 5 nitrogen and oxygen atoms in total. The number of hydrogen-bond acceptors (Lipinski definition) is 4. The number of allylic oxidation sites excluding steroid dienone is 1. The topological polar surface area (TPSA) is 87.2 Å². The van der Waals surface area contributed by atoms with Gasteiger partial charge in [-0.3, -0.25) is 9.59 Å². The summed E-state index contributed by atoms with van der Waals surface area (Å²) < 4.78 is 0. The molecule has 1 atom stereocenters. The molecule has 1 aliphatic rings. The van der Waals surface area contributed by atoms with Gasteiger partial charge in [0.2, 0.25) is 11.7 Å². The van der Waals surface area contributed by atoms with E-state index in [0.29, 0.717) is 37.2 Å². The minimum atomic E-state index is -0.322. The van der Waals surface area contributed by atoms with Gasteiger partial charge in [0.25, 0.3) is 0 Å². The summed E-state index contributed by atoms with van der Waals surface area (Å²) in [7, 11) is 0. The summed E-state index contributed by atoms with van der Waals surface area (Å²) in [4.78, 5) is 24.5. The van der Waals surface area contributed by atoms with Crippen molar-refractivity contribution >= 4 is 17.4 Å². The standard InChI is InChI=1S/C17H23N3O2/c1-4-13(22)8-6-7-9-14(18)17-15(19)10-11-20(12(3)21)16(17)5-2/h4,16,18H,1,5,7,9-11,19H2,2-3H3. The van der Waals surface area contributed by atoms with Crippen molar-refractivity contribution in [3.8, 4) is 11.8 Å². The Morgan fingerprint density at radius 1 is 1.55 bits per heavy atom. The molecule has 0 radical (unpaired) electrons. The largest absolute Gasteiger partial charge is 0.402 e. The number of ketones is 1. The average Bonchev–Trinajstić information content (AvgIpc) is 2.49. The van der Waals surface area contributed by atoms with Gasteiger partial charge in [0.1, 0.15) is 0 Å². The molecule has 0 saturated carbocycles. The molecule has 0 spiro atoms. The fourth-order valence-corrected chi connectivity index (χ4v) is 2.62. The lowest BCUT2D eigenvalue weighted by molar-refractivity contribution is -0.130. The highest BCUT2D eigenvalue weighted by Crippen LogP contribution is 2.26. The fourth-order valence-electron chi connectivity index (χ4n) is 2.62. The Labute approximate surface area is 131 Å². The minimum absolute atomic E-state index is 0.000946. The Bertz CT molecular complexity index is 578. The number of nitrogens with one attached hydrogen (secondary N) is 1. The molecule has 118 valence electrons. The number of amides is 1. The first-order chi connectivity index (χ1) is 10.4. The van der Waals surface area contributed by atoms with Gasteiger partial charge in [0.05, 0.1) is 6.04 Å². The van der Waals surface area contributed by atoms with Crippen molar-refractivity contribution in [2.75, 3.05) is 6.54 Å². The Morgan fingerprint density at radius 2 is 2.23 bits per heavy atom. The van der Waals surface area contributed by atoms with E-state index in [9.17, 15) is 9.59 Å². The van der Waals surface area contributed by atoms with Crippen LogP contribution >= 0.6 is 0 Å². The van der Waals surface area contributed by atoms with Gasteiger partial charge in [-0.1, -0.05) is 19.4 Å². The van der Waals surface area contributed by atoms with E-state index in [1.54, 1.807) is 4.90 Å². The molecule has 0 aromatic heterocycles. The minimum Gasteiger partial charge on any atom is -0.402 e. The molecule has 0 bridgehead atoms. The van der Waals surface area contributed by atoms with Gasteiger partial charge in [0.15, 0.2) is 0 Å². The first kappa shape index (κ1) is 17.7. The predicted molar refractivity (Wildman–Crippen MR) is 87.2 cm³/mol. The van der Waals surface area contributed by atoms with Crippen molar-refractivity contribution in [2.45, 2.75) is 45.6 Å². The number of rotatable bonds is 5. The van der Waals surface area contributed by atoms with Crippen LogP contribution in [0.15, 0.2) is 23.9 Å². The van der Waals surface area contributed by atoms with Crippen molar-refractivity contribution in [3.63, 3.8) is 0 Å². The number of nitrogens with two attached hydrogens (primary N) is 1. The summed E-state index contributed by atoms with van der Waals surface area (Å²) >= 11 is 0. The molecule has 3 N–H and O–H groups in total. The molecule has 1 amide bonds. The van der Waals surface area contributed by atoms with Crippen LogP contribution in [0.3, 0.4) is 0 Å². The first-order valence-electron chi connectivity index (χ1n) is 7.41. The van der Waals surface area contributed by atoms with E-state index in [1.165, 1.54) is 6.92 Å². The molecule has 0 saturated heterocycles. The third kappa shape index (κ3) is 4.32. The lowest BCUT2D eigenvalue weighted by Gasteiger charge is -2.37. The van der Waals surface area contributed by atoms with Crippen LogP contribution in [0.2, 0.25) is 0 Å². The molecule has 0 aromatic carbocycles. The molecule has 1 rings (SSSR count). The maximum Gasteiger partial charge on any atom is 0.228 e. The zero-order chi connectivity index (χ0) is 16.7. The number of hydrogen-bond donors (Lipinski definition) is 2. The van der Waals surface area contributed by atoms with E-state index >= 15 is 0 Å². The fraction of sp³-hybridized carbons (Fsp3) is 0.471. The molecular formula is C17H23N3O2. The van der Waals surface area contributed by atoms with Crippen LogP contribution in [0.4, 0.5) is 0 Å². The Morgan fingerprint density at radius 3 is 2.77 bits per heavy atom. The van der Waals surface area contributed by atoms with E-state index in [-0.39, 0.29) is 17.7 Å². The van der Waals surface area contributed by atoms with Gasteiger partial charge in [-0.05, 0) is 18.4 Å². The van der Waals surface area contributed by atoms with Gasteiger partial charge < -0.3 is 16.0 Å². The number of carbonyl (C=O) groups excluding carboxylic acids is 2. The van der Waals surface area contributed by atoms with E-state index in [4.69, 9.17) is 11.1 Å². The second-order valence-electron chi connectivity index (χ2n) is 5.17. The normalized spacial score (nSPS) is 17.5. The third-order valence-electron chi connectivity index (χ3n) is 3.69. The lowest BCUT2D eigenvalue weighted by Crippen LogP contribution is -2.46. The Hall–Kier alpha value is -2.35. The summed E-state index contributed by atoms with van der Waals surface area (Å²) in [6.07, 6.45) is 3.30. The smallest absolute Gasteiger partial charge is 0.228 e. The van der Waals surface area contributed by atoms with E-state index in [1.807, 2.05) is 6.92 Å². The lowest BCUT2D eigenvalue weighted by atomic mass is 9.89. The SMILES string of the molecule is C=CC(=O)C#CCCC(=N)C1=C(N)CCN(C(C)=O)C1CC. The summed E-state index contributed by atoms with van der Waals surface area (Å²) in [5, 5.41) is 8.26. The average molecular weight is 301 g/mol. The van der Waals surface area contributed by atoms with Crippen molar-refractivity contribution in [1.29, 1.82) is 5.41 Å². The van der Waals surface area contributed by atoms with Gasteiger partial charge in [-0.2, -0.15) is 0 Å². The number of carbonyl (C=O) groups is 2. The first-order valence-corrected chi connectivity index (χ1v) is 7.41. The summed E-state index contributed by atoms with van der Waals surface area (Å²) in [5.74, 6) is 4.85. The maximum absolute atomic E-state index is 11.7. The zero-order valence-electron chi connectivity index (χ0n) is 13.2. The van der Waals surface area contributed by atoms with E-state index in [2.05, 4.69) is 18.4 Å². The number of nitrogens with zero attached hydrogens (tertiary/aromatic N) is 1. The molecular weight excluding hydrogens is 278 g/mol. The van der Waals surface area contributed by atoms with Gasteiger partial charge in [-0.15, -0.1) is 0 Å². The van der Waals surface area contributed by atoms with Crippen LogP contribution in [0.25, 0.3) is 0 Å². The van der Waals surface area contributed by atoms with Crippen molar-refractivity contribution in [2.24, 2.45) is 5.73 Å². The summed E-state index contributed by atoms with van der Waals surface area (Å²) in [6, 6.07) is -0.137. The molecule has 22 heavy (non-hydrogen) atoms. The van der Waals surface area contributed by atoms with Crippen molar-refractivity contribution in [1.82, 2.24) is 4.90 Å². The van der Waals surface area contributed by atoms with Crippen LogP contribution in [0.1, 0.15) is 39.5 Å². The van der Waals surface area contributed by atoms with Crippen LogP contribution in [-0.2, 0) is 9.59 Å². The highest BCUT2D eigenvalue weighted by Gasteiger charge is 2.30. The molecule has 1 heterocycles. The van der Waals surface area contributed by atoms with Gasteiger partial charge >= 0.3 is 0 Å². The van der Waals surface area contributed by atoms with Gasteiger partial charge in [0, 0.05) is 49.7 Å². The van der Waals surface area contributed by atoms with E-state index in [0.717, 1.165) is 18.1 Å². The monoisotopic (exact) mass is 301 g/mol. The Kier molecular flexibility index (Phi) is 6.58. The van der Waals surface area contributed by atoms with Crippen LogP contribution in [0.5, 0.6) is 0 Å². The summed E-state index contributed by atoms with van der Waals surface area (Å²) in [5.41, 5.74) is 7.91. The summed E-state index contributed by atoms with van der Waals surface area (Å²) in [6.45, 7) is 7.47. The zero-order valence-corrected chi connectivity index (χ0v) is 13.2. The molecule has 0 aromatic rings. The van der Waals surface area contributed by atoms with Crippen LogP contribution < -0.4 is 5.73 Å². The highest BCUT2D eigenvalue weighted by atomic mass is 16.2. The van der Waals surface area contributed by atoms with Crippen LogP contribution in [0, 0.1) is 17.3 Å². The second kappa shape index (κ2) is 8.18. The maximum atomic E-state index is 11.7. The molecule has 5 heteroatoms. The predicted octanol–water partition coefficient (Wildman–Crippen LogP) is 1.79. The molecule has 1 unspecified atom stereocenters. The van der Waals surface area contributed by atoms with Crippen LogP contribution in [-0.4, -0.2) is 34.9 Å². The van der Waals surface area contributed by atoms with Crippen molar-refractivity contribution in [3.05, 3.63) is 23.9 Å². The molecule has 0 fully saturated rings.